The molecule has 0 unspecified atom stereocenters. The maximum atomic E-state index is 11.4. The number of carbonyl (C=O) groups is 1. The molecule has 17 heavy (non-hydrogen) atoms. The van der Waals surface area contributed by atoms with E-state index in [0.29, 0.717) is 18.7 Å². The Balaban J connectivity index is 2.42. The highest BCUT2D eigenvalue weighted by atomic mass is 32.1. The fourth-order valence-corrected chi connectivity index (χ4v) is 2.16. The highest BCUT2D eigenvalue weighted by Gasteiger charge is 2.27. The van der Waals surface area contributed by atoms with Crippen molar-refractivity contribution in [3.8, 4) is 6.07 Å². The van der Waals surface area contributed by atoms with Crippen LogP contribution in [0, 0.1) is 16.7 Å². The summed E-state index contributed by atoms with van der Waals surface area (Å²) in [7, 11) is 1.39. The first-order valence-corrected chi connectivity index (χ1v) is 6.14. The van der Waals surface area contributed by atoms with Gasteiger partial charge in [-0.15, -0.1) is 11.3 Å². The van der Waals surface area contributed by atoms with E-state index in [2.05, 4.69) is 11.4 Å². The first-order valence-electron chi connectivity index (χ1n) is 5.26. The standard InChI is InChI=1S/C12H16N2O2S/c1-12(2,11(15)16-3)8-14-6-10-4-9(5-13)7-17-10/h4,7,14H,6,8H2,1-3H3. The highest BCUT2D eigenvalue weighted by Crippen LogP contribution is 2.17. The van der Waals surface area contributed by atoms with Gasteiger partial charge in [-0.05, 0) is 19.9 Å². The second-order valence-corrected chi connectivity index (χ2v) is 5.39. The molecule has 0 bridgehead atoms. The number of hydrogen-bond acceptors (Lipinski definition) is 5. The molecule has 0 atom stereocenters. The number of carbonyl (C=O) groups excluding carboxylic acids is 1. The second kappa shape index (κ2) is 5.80. The van der Waals surface area contributed by atoms with Crippen molar-refractivity contribution in [2.75, 3.05) is 13.7 Å². The van der Waals surface area contributed by atoms with Gasteiger partial charge in [0, 0.05) is 23.3 Å². The van der Waals surface area contributed by atoms with Crippen molar-refractivity contribution >= 4 is 17.3 Å². The minimum absolute atomic E-state index is 0.228. The summed E-state index contributed by atoms with van der Waals surface area (Å²) in [5.41, 5.74) is 0.142. The third kappa shape index (κ3) is 3.84. The third-order valence-corrected chi connectivity index (χ3v) is 3.32. The molecule has 0 spiro atoms. The molecule has 1 aromatic heterocycles. The van der Waals surface area contributed by atoms with E-state index in [-0.39, 0.29) is 5.97 Å². The minimum atomic E-state index is -0.538. The van der Waals surface area contributed by atoms with Gasteiger partial charge in [0.05, 0.1) is 18.1 Å². The molecule has 92 valence electrons. The van der Waals surface area contributed by atoms with E-state index in [1.54, 1.807) is 0 Å². The number of thiophene rings is 1. The molecule has 4 nitrogen and oxygen atoms in total. The molecule has 0 aromatic carbocycles. The van der Waals surface area contributed by atoms with Gasteiger partial charge >= 0.3 is 5.97 Å². The van der Waals surface area contributed by atoms with Crippen LogP contribution in [0.25, 0.3) is 0 Å². The van der Waals surface area contributed by atoms with E-state index in [0.717, 1.165) is 4.88 Å². The van der Waals surface area contributed by atoms with E-state index in [9.17, 15) is 4.79 Å². The summed E-state index contributed by atoms with van der Waals surface area (Å²) in [5.74, 6) is -0.228. The first kappa shape index (κ1) is 13.7. The Hall–Kier alpha value is -1.38. The maximum Gasteiger partial charge on any atom is 0.312 e. The van der Waals surface area contributed by atoms with Gasteiger partial charge in [-0.3, -0.25) is 4.79 Å². The fraction of sp³-hybridized carbons (Fsp3) is 0.500. The number of nitrogens with one attached hydrogen (secondary N) is 1. The molecule has 0 aliphatic rings. The number of nitriles is 1. The molecule has 0 amide bonds. The van der Waals surface area contributed by atoms with Crippen molar-refractivity contribution in [3.05, 3.63) is 21.9 Å². The third-order valence-electron chi connectivity index (χ3n) is 2.39. The van der Waals surface area contributed by atoms with Gasteiger partial charge in [-0.1, -0.05) is 0 Å². The molecule has 0 saturated carbocycles. The lowest BCUT2D eigenvalue weighted by molar-refractivity contribution is -0.150. The number of ether oxygens (including phenoxy) is 1. The minimum Gasteiger partial charge on any atom is -0.469 e. The zero-order chi connectivity index (χ0) is 12.9. The largest absolute Gasteiger partial charge is 0.469 e. The van der Waals surface area contributed by atoms with Crippen LogP contribution in [0.2, 0.25) is 0 Å². The molecular formula is C12H16N2O2S. The van der Waals surface area contributed by atoms with Gasteiger partial charge in [-0.25, -0.2) is 0 Å². The Morgan fingerprint density at radius 2 is 2.35 bits per heavy atom. The summed E-state index contributed by atoms with van der Waals surface area (Å²) in [6.45, 7) is 4.87. The van der Waals surface area contributed by atoms with Crippen molar-refractivity contribution in [1.29, 1.82) is 5.26 Å². The SMILES string of the molecule is COC(=O)C(C)(C)CNCc1cc(C#N)cs1. The lowest BCUT2D eigenvalue weighted by Gasteiger charge is -2.21. The molecule has 0 radical (unpaired) electrons. The van der Waals surface area contributed by atoms with E-state index in [1.807, 2.05) is 25.3 Å². The zero-order valence-corrected chi connectivity index (χ0v) is 11.1. The summed E-state index contributed by atoms with van der Waals surface area (Å²) in [4.78, 5) is 12.5. The highest BCUT2D eigenvalue weighted by molar-refractivity contribution is 7.10. The van der Waals surface area contributed by atoms with Crippen molar-refractivity contribution in [1.82, 2.24) is 5.32 Å². The van der Waals surface area contributed by atoms with Gasteiger partial charge in [-0.2, -0.15) is 5.26 Å². The van der Waals surface area contributed by atoms with Crippen molar-refractivity contribution in [2.45, 2.75) is 20.4 Å². The quantitative estimate of drug-likeness (QED) is 0.813. The number of nitrogens with zero attached hydrogens (tertiary/aromatic N) is 1. The van der Waals surface area contributed by atoms with Crippen LogP contribution in [0.3, 0.4) is 0 Å². The molecule has 5 heteroatoms. The van der Waals surface area contributed by atoms with Crippen LogP contribution in [-0.4, -0.2) is 19.6 Å². The Bertz CT molecular complexity index is 432. The smallest absolute Gasteiger partial charge is 0.312 e. The van der Waals surface area contributed by atoms with Crippen molar-refractivity contribution < 1.29 is 9.53 Å². The van der Waals surface area contributed by atoms with Crippen LogP contribution in [0.4, 0.5) is 0 Å². The number of rotatable bonds is 5. The van der Waals surface area contributed by atoms with Crippen molar-refractivity contribution in [2.24, 2.45) is 5.41 Å². The van der Waals surface area contributed by atoms with E-state index in [1.165, 1.54) is 18.4 Å². The monoisotopic (exact) mass is 252 g/mol. The molecule has 0 fully saturated rings. The number of hydrogen-bond donors (Lipinski definition) is 1. The van der Waals surface area contributed by atoms with E-state index < -0.39 is 5.41 Å². The summed E-state index contributed by atoms with van der Waals surface area (Å²) in [6, 6.07) is 3.94. The fourth-order valence-electron chi connectivity index (χ4n) is 1.38. The van der Waals surface area contributed by atoms with Crippen LogP contribution in [0.1, 0.15) is 24.3 Å². The normalized spacial score (nSPS) is 10.9. The van der Waals surface area contributed by atoms with Crippen LogP contribution in [-0.2, 0) is 16.1 Å². The van der Waals surface area contributed by atoms with Gasteiger partial charge in [0.2, 0.25) is 0 Å². The lowest BCUT2D eigenvalue weighted by Crippen LogP contribution is -2.36. The predicted octanol–water partition coefficient (Wildman–Crippen LogP) is 1.91. The average Bonchev–Trinajstić information content (AvgIpc) is 2.75. The molecule has 0 aliphatic heterocycles. The van der Waals surface area contributed by atoms with E-state index >= 15 is 0 Å². The van der Waals surface area contributed by atoms with Crippen LogP contribution in [0.5, 0.6) is 0 Å². The van der Waals surface area contributed by atoms with Crippen LogP contribution >= 0.6 is 11.3 Å². The molecule has 1 rings (SSSR count). The van der Waals surface area contributed by atoms with Crippen LogP contribution < -0.4 is 5.32 Å². The molecule has 0 saturated heterocycles. The number of esters is 1. The Labute approximate surface area is 105 Å². The van der Waals surface area contributed by atoms with Gasteiger partial charge < -0.3 is 10.1 Å². The molecule has 1 aromatic rings. The number of methoxy groups -OCH3 is 1. The second-order valence-electron chi connectivity index (χ2n) is 4.39. The lowest BCUT2D eigenvalue weighted by atomic mass is 9.94. The Morgan fingerprint density at radius 1 is 1.65 bits per heavy atom. The Kier molecular flexibility index (Phi) is 4.67. The predicted molar refractivity (Wildman–Crippen MR) is 66.5 cm³/mol. The maximum absolute atomic E-state index is 11.4. The zero-order valence-electron chi connectivity index (χ0n) is 10.2. The molecule has 1 N–H and O–H groups in total. The van der Waals surface area contributed by atoms with Gasteiger partial charge in [0.15, 0.2) is 0 Å². The summed E-state index contributed by atoms with van der Waals surface area (Å²) in [6.07, 6.45) is 0. The molecular weight excluding hydrogens is 236 g/mol. The van der Waals surface area contributed by atoms with Gasteiger partial charge in [0.25, 0.3) is 0 Å². The van der Waals surface area contributed by atoms with Crippen molar-refractivity contribution in [3.63, 3.8) is 0 Å². The average molecular weight is 252 g/mol. The summed E-state index contributed by atoms with van der Waals surface area (Å²) < 4.78 is 4.72. The van der Waals surface area contributed by atoms with Gasteiger partial charge in [0.1, 0.15) is 6.07 Å². The molecule has 0 aliphatic carbocycles. The first-order chi connectivity index (χ1) is 7.99. The summed E-state index contributed by atoms with van der Waals surface area (Å²) >= 11 is 1.54. The Morgan fingerprint density at radius 3 is 2.88 bits per heavy atom. The van der Waals surface area contributed by atoms with Crippen LogP contribution in [0.15, 0.2) is 11.4 Å². The van der Waals surface area contributed by atoms with E-state index in [4.69, 9.17) is 10.00 Å². The summed E-state index contributed by atoms with van der Waals surface area (Å²) in [5, 5.41) is 13.7. The molecule has 1 heterocycles. The topological polar surface area (TPSA) is 62.1 Å².